The minimum absolute atomic E-state index is 0.0507. The van der Waals surface area contributed by atoms with Crippen LogP contribution in [0.25, 0.3) is 0 Å². The highest BCUT2D eigenvalue weighted by Crippen LogP contribution is 2.20. The Morgan fingerprint density at radius 3 is 2.70 bits per heavy atom. The van der Waals surface area contributed by atoms with Gasteiger partial charge < -0.3 is 15.0 Å². The predicted molar refractivity (Wildman–Crippen MR) is 99.6 cm³/mol. The molecule has 2 aromatic carbocycles. The standard InChI is InChI=1S/C21H23FN2O3/c1-15-4-2-3-5-19(15)27-14-20(25)23-11-17-10-21(26)24(13-17)12-16-6-8-18(22)9-7-16/h2-9,17H,10-14H2,1H3,(H,23,25). The van der Waals surface area contributed by atoms with Crippen LogP contribution in [0.4, 0.5) is 4.39 Å². The van der Waals surface area contributed by atoms with Gasteiger partial charge in [-0.1, -0.05) is 30.3 Å². The average Bonchev–Trinajstić information content (AvgIpc) is 3.01. The van der Waals surface area contributed by atoms with Crippen LogP contribution in [-0.4, -0.2) is 36.4 Å². The second kappa shape index (κ2) is 8.66. The maximum Gasteiger partial charge on any atom is 0.257 e. The van der Waals surface area contributed by atoms with E-state index in [4.69, 9.17) is 4.74 Å². The van der Waals surface area contributed by atoms with E-state index in [1.165, 1.54) is 12.1 Å². The molecule has 0 saturated carbocycles. The monoisotopic (exact) mass is 370 g/mol. The van der Waals surface area contributed by atoms with Gasteiger partial charge in [0.2, 0.25) is 5.91 Å². The summed E-state index contributed by atoms with van der Waals surface area (Å²) in [5.41, 5.74) is 1.86. The Hall–Kier alpha value is -2.89. The molecule has 1 unspecified atom stereocenters. The van der Waals surface area contributed by atoms with Crippen LogP contribution in [0.2, 0.25) is 0 Å². The molecule has 6 heteroatoms. The number of hydrogen-bond acceptors (Lipinski definition) is 3. The van der Waals surface area contributed by atoms with E-state index >= 15 is 0 Å². The Balaban J connectivity index is 1.42. The second-order valence-corrected chi connectivity index (χ2v) is 6.83. The fourth-order valence-electron chi connectivity index (χ4n) is 3.12. The number of likely N-dealkylation sites (tertiary alicyclic amines) is 1. The van der Waals surface area contributed by atoms with Gasteiger partial charge in [0.05, 0.1) is 0 Å². The minimum atomic E-state index is -0.292. The zero-order valence-corrected chi connectivity index (χ0v) is 15.3. The number of nitrogens with one attached hydrogen (secondary N) is 1. The average molecular weight is 370 g/mol. The highest BCUT2D eigenvalue weighted by atomic mass is 19.1. The molecule has 1 aliphatic rings. The van der Waals surface area contributed by atoms with E-state index in [0.717, 1.165) is 11.1 Å². The Labute approximate surface area is 158 Å². The second-order valence-electron chi connectivity index (χ2n) is 6.83. The van der Waals surface area contributed by atoms with E-state index < -0.39 is 0 Å². The molecule has 142 valence electrons. The first-order valence-electron chi connectivity index (χ1n) is 8.98. The van der Waals surface area contributed by atoms with E-state index in [9.17, 15) is 14.0 Å². The molecule has 1 aliphatic heterocycles. The van der Waals surface area contributed by atoms with E-state index in [1.807, 2.05) is 31.2 Å². The lowest BCUT2D eigenvalue weighted by Crippen LogP contribution is -2.34. The first-order valence-corrected chi connectivity index (χ1v) is 8.98. The number of nitrogens with zero attached hydrogens (tertiary/aromatic N) is 1. The Morgan fingerprint density at radius 2 is 1.96 bits per heavy atom. The molecule has 3 rings (SSSR count). The lowest BCUT2D eigenvalue weighted by molar-refractivity contribution is -0.128. The van der Waals surface area contributed by atoms with Crippen LogP contribution in [0.15, 0.2) is 48.5 Å². The summed E-state index contributed by atoms with van der Waals surface area (Å²) in [6.07, 6.45) is 0.403. The Morgan fingerprint density at radius 1 is 1.22 bits per heavy atom. The van der Waals surface area contributed by atoms with Crippen LogP contribution in [0, 0.1) is 18.7 Å². The third kappa shape index (κ3) is 5.29. The number of hydrogen-bond donors (Lipinski definition) is 1. The molecule has 1 fully saturated rings. The van der Waals surface area contributed by atoms with Crippen LogP contribution in [-0.2, 0) is 16.1 Å². The maximum absolute atomic E-state index is 13.0. The molecular formula is C21H23FN2O3. The molecule has 5 nitrogen and oxygen atoms in total. The third-order valence-electron chi connectivity index (χ3n) is 4.62. The van der Waals surface area contributed by atoms with Crippen molar-refractivity contribution in [3.05, 3.63) is 65.5 Å². The van der Waals surface area contributed by atoms with Crippen molar-refractivity contribution in [1.29, 1.82) is 0 Å². The van der Waals surface area contributed by atoms with E-state index in [1.54, 1.807) is 17.0 Å². The maximum atomic E-state index is 13.0. The van der Waals surface area contributed by atoms with E-state index in [0.29, 0.717) is 31.8 Å². The summed E-state index contributed by atoms with van der Waals surface area (Å²) in [4.78, 5) is 25.9. The summed E-state index contributed by atoms with van der Waals surface area (Å²) < 4.78 is 18.5. The van der Waals surface area contributed by atoms with Gasteiger partial charge >= 0.3 is 0 Å². The van der Waals surface area contributed by atoms with Crippen molar-refractivity contribution in [3.63, 3.8) is 0 Å². The van der Waals surface area contributed by atoms with Crippen LogP contribution in [0.5, 0.6) is 5.75 Å². The van der Waals surface area contributed by atoms with Crippen LogP contribution < -0.4 is 10.1 Å². The Bertz CT molecular complexity index is 807. The summed E-state index contributed by atoms with van der Waals surface area (Å²) in [6, 6.07) is 13.7. The van der Waals surface area contributed by atoms with Crippen molar-refractivity contribution < 1.29 is 18.7 Å². The number of carbonyl (C=O) groups is 2. The molecule has 1 heterocycles. The summed E-state index contributed by atoms with van der Waals surface area (Å²) in [5, 5.41) is 2.83. The number of benzene rings is 2. The largest absolute Gasteiger partial charge is 0.484 e. The topological polar surface area (TPSA) is 58.6 Å². The first-order chi connectivity index (χ1) is 13.0. The van der Waals surface area contributed by atoms with Crippen molar-refractivity contribution in [2.24, 2.45) is 5.92 Å². The summed E-state index contributed by atoms with van der Waals surface area (Å²) in [6.45, 7) is 3.34. The molecule has 0 radical (unpaired) electrons. The molecular weight excluding hydrogens is 347 g/mol. The van der Waals surface area contributed by atoms with Crippen molar-refractivity contribution in [2.45, 2.75) is 19.9 Å². The normalized spacial score (nSPS) is 16.4. The highest BCUT2D eigenvalue weighted by molar-refractivity contribution is 5.79. The van der Waals surface area contributed by atoms with Gasteiger partial charge in [0.25, 0.3) is 5.91 Å². The number of carbonyl (C=O) groups excluding carboxylic acids is 2. The summed E-state index contributed by atoms with van der Waals surface area (Å²) in [5.74, 6) is 0.312. The highest BCUT2D eigenvalue weighted by Gasteiger charge is 2.29. The SMILES string of the molecule is Cc1ccccc1OCC(=O)NCC1CC(=O)N(Cc2ccc(F)cc2)C1. The van der Waals surface area contributed by atoms with Gasteiger partial charge in [-0.3, -0.25) is 9.59 Å². The third-order valence-corrected chi connectivity index (χ3v) is 4.62. The van der Waals surface area contributed by atoms with Crippen molar-refractivity contribution in [1.82, 2.24) is 10.2 Å². The molecule has 0 bridgehead atoms. The zero-order chi connectivity index (χ0) is 19.2. The minimum Gasteiger partial charge on any atom is -0.484 e. The molecule has 0 aliphatic carbocycles. The molecule has 0 aromatic heterocycles. The van der Waals surface area contributed by atoms with Crippen molar-refractivity contribution >= 4 is 11.8 Å². The zero-order valence-electron chi connectivity index (χ0n) is 15.3. The quantitative estimate of drug-likeness (QED) is 0.815. The van der Waals surface area contributed by atoms with Crippen molar-refractivity contribution in [3.8, 4) is 5.75 Å². The number of para-hydroxylation sites is 1. The molecule has 0 spiro atoms. The smallest absolute Gasteiger partial charge is 0.257 e. The first kappa shape index (κ1) is 18.9. The van der Waals surface area contributed by atoms with Crippen LogP contribution in [0.3, 0.4) is 0 Å². The van der Waals surface area contributed by atoms with Crippen molar-refractivity contribution in [2.75, 3.05) is 19.7 Å². The molecule has 1 atom stereocenters. The fraction of sp³-hybridized carbons (Fsp3) is 0.333. The molecule has 27 heavy (non-hydrogen) atoms. The van der Waals surface area contributed by atoms with Gasteiger partial charge in [-0.05, 0) is 36.2 Å². The molecule has 2 aromatic rings. The molecule has 2 amide bonds. The van der Waals surface area contributed by atoms with Gasteiger partial charge in [-0.25, -0.2) is 4.39 Å². The van der Waals surface area contributed by atoms with E-state index in [2.05, 4.69) is 5.32 Å². The number of amides is 2. The van der Waals surface area contributed by atoms with Gasteiger partial charge in [0.15, 0.2) is 6.61 Å². The van der Waals surface area contributed by atoms with Crippen LogP contribution in [0.1, 0.15) is 17.5 Å². The lowest BCUT2D eigenvalue weighted by atomic mass is 10.1. The lowest BCUT2D eigenvalue weighted by Gasteiger charge is -2.17. The van der Waals surface area contributed by atoms with Gasteiger partial charge in [0.1, 0.15) is 11.6 Å². The number of halogens is 1. The number of ether oxygens (including phenoxy) is 1. The van der Waals surface area contributed by atoms with Gasteiger partial charge in [0, 0.05) is 32.0 Å². The van der Waals surface area contributed by atoms with Gasteiger partial charge in [-0.2, -0.15) is 0 Å². The number of aryl methyl sites for hydroxylation is 1. The fourth-order valence-corrected chi connectivity index (χ4v) is 3.12. The van der Waals surface area contributed by atoms with Gasteiger partial charge in [-0.15, -0.1) is 0 Å². The predicted octanol–water partition coefficient (Wildman–Crippen LogP) is 2.68. The van der Waals surface area contributed by atoms with Crippen LogP contribution >= 0.6 is 0 Å². The summed E-state index contributed by atoms with van der Waals surface area (Å²) >= 11 is 0. The number of rotatable bonds is 7. The molecule has 1 N–H and O–H groups in total. The summed E-state index contributed by atoms with van der Waals surface area (Å²) in [7, 11) is 0. The van der Waals surface area contributed by atoms with E-state index in [-0.39, 0.29) is 30.2 Å². The Kier molecular flexibility index (Phi) is 6.06. The molecule has 1 saturated heterocycles.